The Morgan fingerprint density at radius 3 is 2.00 bits per heavy atom. The number of aliphatic hydroxyl groups is 1. The maximum absolute atomic E-state index is 11.6. The van der Waals surface area contributed by atoms with E-state index in [1.807, 2.05) is 0 Å². The Morgan fingerprint density at radius 2 is 1.63 bits per heavy atom. The fourth-order valence-corrected chi connectivity index (χ4v) is 2.05. The van der Waals surface area contributed by atoms with Crippen LogP contribution in [0, 0.1) is 17.8 Å². The number of hydrogen-bond donors (Lipinski definition) is 4. The quantitative estimate of drug-likeness (QED) is 0.531. The van der Waals surface area contributed by atoms with Gasteiger partial charge in [-0.2, -0.15) is 0 Å². The summed E-state index contributed by atoms with van der Waals surface area (Å²) < 4.78 is 0. The van der Waals surface area contributed by atoms with Crippen LogP contribution in [0.3, 0.4) is 0 Å². The van der Waals surface area contributed by atoms with E-state index < -0.39 is 18.0 Å². The molecule has 0 heterocycles. The number of rotatable bonds is 8. The van der Waals surface area contributed by atoms with E-state index >= 15 is 0 Å². The van der Waals surface area contributed by atoms with Gasteiger partial charge in [-0.25, -0.2) is 9.59 Å². The van der Waals surface area contributed by atoms with E-state index in [0.29, 0.717) is 24.3 Å². The zero-order valence-corrected chi connectivity index (χ0v) is 12.1. The van der Waals surface area contributed by atoms with Crippen molar-refractivity contribution in [1.82, 2.24) is 10.6 Å². The minimum absolute atomic E-state index is 0.000539. The molecular weight excluding hydrogens is 248 g/mol. The van der Waals surface area contributed by atoms with Crippen LogP contribution in [0.5, 0.6) is 0 Å². The molecule has 4 N–H and O–H groups in total. The fourth-order valence-electron chi connectivity index (χ4n) is 2.05. The van der Waals surface area contributed by atoms with Gasteiger partial charge in [0.2, 0.25) is 0 Å². The number of carbonyl (C=O) groups is 2. The van der Waals surface area contributed by atoms with Gasteiger partial charge in [-0.15, -0.1) is 0 Å². The highest BCUT2D eigenvalue weighted by molar-refractivity contribution is 5.82. The Morgan fingerprint density at radius 1 is 1.11 bits per heavy atom. The molecule has 0 saturated heterocycles. The van der Waals surface area contributed by atoms with Crippen molar-refractivity contribution in [3.05, 3.63) is 0 Å². The van der Waals surface area contributed by atoms with Gasteiger partial charge in [-0.3, -0.25) is 0 Å². The van der Waals surface area contributed by atoms with Gasteiger partial charge in [0.25, 0.3) is 0 Å². The van der Waals surface area contributed by atoms with E-state index in [-0.39, 0.29) is 13.0 Å². The molecule has 6 nitrogen and oxygen atoms in total. The average molecular weight is 274 g/mol. The molecule has 0 spiro atoms. The van der Waals surface area contributed by atoms with E-state index in [1.54, 1.807) is 0 Å². The zero-order valence-electron chi connectivity index (χ0n) is 12.1. The lowest BCUT2D eigenvalue weighted by Crippen LogP contribution is -2.48. The van der Waals surface area contributed by atoms with E-state index in [1.165, 1.54) is 0 Å². The molecule has 0 aromatic rings. The van der Waals surface area contributed by atoms with Crippen LogP contribution in [0.4, 0.5) is 4.79 Å². The maximum Gasteiger partial charge on any atom is 0.326 e. The SMILES string of the molecule is CC(C)C(CNC(=O)N[C@H](CCO)C(=O)O)C(C)C. The summed E-state index contributed by atoms with van der Waals surface area (Å²) in [5, 5.41) is 22.6. The van der Waals surface area contributed by atoms with Gasteiger partial charge in [0.05, 0.1) is 0 Å². The van der Waals surface area contributed by atoms with Crippen molar-refractivity contribution >= 4 is 12.0 Å². The van der Waals surface area contributed by atoms with E-state index in [4.69, 9.17) is 10.2 Å². The Hall–Kier alpha value is -1.30. The molecule has 0 fully saturated rings. The number of carbonyl (C=O) groups excluding carboxylic acids is 1. The number of aliphatic hydroxyl groups excluding tert-OH is 1. The summed E-state index contributed by atoms with van der Waals surface area (Å²) in [5.74, 6) is 0.0707. The van der Waals surface area contributed by atoms with Crippen LogP contribution in [0.15, 0.2) is 0 Å². The van der Waals surface area contributed by atoms with Crippen molar-refractivity contribution in [2.75, 3.05) is 13.2 Å². The number of amides is 2. The highest BCUT2D eigenvalue weighted by Crippen LogP contribution is 2.19. The Kier molecular flexibility index (Phi) is 8.14. The molecule has 112 valence electrons. The lowest BCUT2D eigenvalue weighted by atomic mass is 9.85. The van der Waals surface area contributed by atoms with Gasteiger partial charge < -0.3 is 20.8 Å². The van der Waals surface area contributed by atoms with E-state index in [0.717, 1.165) is 0 Å². The average Bonchev–Trinajstić information content (AvgIpc) is 2.27. The number of carboxylic acids is 1. The minimum Gasteiger partial charge on any atom is -0.480 e. The van der Waals surface area contributed by atoms with Gasteiger partial charge in [0.1, 0.15) is 6.04 Å². The van der Waals surface area contributed by atoms with Crippen LogP contribution >= 0.6 is 0 Å². The first-order chi connectivity index (χ1) is 8.79. The number of urea groups is 1. The third kappa shape index (κ3) is 7.00. The lowest BCUT2D eigenvalue weighted by molar-refractivity contribution is -0.139. The summed E-state index contributed by atoms with van der Waals surface area (Å²) >= 11 is 0. The molecule has 0 aromatic heterocycles. The molecule has 0 rings (SSSR count). The highest BCUT2D eigenvalue weighted by atomic mass is 16.4. The predicted octanol–water partition coefficient (Wildman–Crippen LogP) is 1.05. The second kappa shape index (κ2) is 8.74. The smallest absolute Gasteiger partial charge is 0.326 e. The molecule has 1 atom stereocenters. The van der Waals surface area contributed by atoms with Crippen LogP contribution in [0.25, 0.3) is 0 Å². The monoisotopic (exact) mass is 274 g/mol. The summed E-state index contributed by atoms with van der Waals surface area (Å²) in [6, 6.07) is -1.56. The summed E-state index contributed by atoms with van der Waals surface area (Å²) in [6.07, 6.45) is 0.000539. The van der Waals surface area contributed by atoms with Crippen LogP contribution in [0.2, 0.25) is 0 Å². The largest absolute Gasteiger partial charge is 0.480 e. The summed E-state index contributed by atoms with van der Waals surface area (Å²) in [5.41, 5.74) is 0. The molecule has 0 aliphatic heterocycles. The third-order valence-corrected chi connectivity index (χ3v) is 3.23. The standard InChI is InChI=1S/C13H26N2O4/c1-8(2)10(9(3)4)7-14-13(19)15-11(5-6-16)12(17)18/h8-11,16H,5-7H2,1-4H3,(H,17,18)(H2,14,15,19)/t11-/m1/s1. The van der Waals surface area contributed by atoms with Crippen molar-refractivity contribution in [2.45, 2.75) is 40.2 Å². The van der Waals surface area contributed by atoms with Crippen LogP contribution < -0.4 is 10.6 Å². The van der Waals surface area contributed by atoms with Gasteiger partial charge in [-0.05, 0) is 17.8 Å². The molecular formula is C13H26N2O4. The van der Waals surface area contributed by atoms with Gasteiger partial charge in [-0.1, -0.05) is 27.7 Å². The second-order valence-corrected chi connectivity index (χ2v) is 5.41. The third-order valence-electron chi connectivity index (χ3n) is 3.23. The Labute approximate surface area is 114 Å². The number of carboxylic acid groups (broad SMARTS) is 1. The fraction of sp³-hybridized carbons (Fsp3) is 0.846. The summed E-state index contributed by atoms with van der Waals surface area (Å²) in [7, 11) is 0. The van der Waals surface area contributed by atoms with Crippen molar-refractivity contribution in [1.29, 1.82) is 0 Å². The molecule has 0 bridgehead atoms. The van der Waals surface area contributed by atoms with Crippen molar-refractivity contribution in [2.24, 2.45) is 17.8 Å². The van der Waals surface area contributed by atoms with Crippen LogP contribution in [-0.4, -0.2) is 41.4 Å². The topological polar surface area (TPSA) is 98.7 Å². The minimum atomic E-state index is -1.14. The molecule has 0 aromatic carbocycles. The lowest BCUT2D eigenvalue weighted by Gasteiger charge is -2.25. The van der Waals surface area contributed by atoms with Gasteiger partial charge in [0.15, 0.2) is 0 Å². The van der Waals surface area contributed by atoms with E-state index in [2.05, 4.69) is 38.3 Å². The molecule has 2 amide bonds. The Balaban J connectivity index is 4.26. The first-order valence-electron chi connectivity index (χ1n) is 6.67. The Bertz CT molecular complexity index is 284. The van der Waals surface area contributed by atoms with Gasteiger partial charge in [0, 0.05) is 19.6 Å². The van der Waals surface area contributed by atoms with Crippen molar-refractivity contribution in [3.63, 3.8) is 0 Å². The van der Waals surface area contributed by atoms with Crippen molar-refractivity contribution in [3.8, 4) is 0 Å². The second-order valence-electron chi connectivity index (χ2n) is 5.41. The first-order valence-corrected chi connectivity index (χ1v) is 6.67. The molecule has 0 radical (unpaired) electrons. The molecule has 6 heteroatoms. The molecule has 0 saturated carbocycles. The molecule has 0 aliphatic carbocycles. The number of nitrogens with one attached hydrogen (secondary N) is 2. The van der Waals surface area contributed by atoms with Gasteiger partial charge >= 0.3 is 12.0 Å². The number of hydrogen-bond acceptors (Lipinski definition) is 3. The first kappa shape index (κ1) is 17.7. The van der Waals surface area contributed by atoms with Crippen LogP contribution in [-0.2, 0) is 4.79 Å². The summed E-state index contributed by atoms with van der Waals surface area (Å²) in [4.78, 5) is 22.4. The molecule has 0 unspecified atom stereocenters. The normalized spacial score (nSPS) is 12.8. The molecule has 19 heavy (non-hydrogen) atoms. The van der Waals surface area contributed by atoms with Crippen molar-refractivity contribution < 1.29 is 19.8 Å². The maximum atomic E-state index is 11.6. The van der Waals surface area contributed by atoms with Crippen LogP contribution in [0.1, 0.15) is 34.1 Å². The molecule has 0 aliphatic rings. The predicted molar refractivity (Wildman–Crippen MR) is 72.8 cm³/mol. The highest BCUT2D eigenvalue weighted by Gasteiger charge is 2.21. The summed E-state index contributed by atoms with van der Waals surface area (Å²) in [6.45, 7) is 8.60. The van der Waals surface area contributed by atoms with E-state index in [9.17, 15) is 9.59 Å². The zero-order chi connectivity index (χ0) is 15.0. The number of aliphatic carboxylic acids is 1.